The first kappa shape index (κ1) is 14.0. The van der Waals surface area contributed by atoms with E-state index in [9.17, 15) is 4.79 Å². The summed E-state index contributed by atoms with van der Waals surface area (Å²) >= 11 is 0. The van der Waals surface area contributed by atoms with Gasteiger partial charge in [0, 0.05) is 24.7 Å². The molecule has 0 radical (unpaired) electrons. The highest BCUT2D eigenvalue weighted by molar-refractivity contribution is 5.69. The highest BCUT2D eigenvalue weighted by Gasteiger charge is 2.34. The van der Waals surface area contributed by atoms with Crippen LogP contribution in [0.25, 0.3) is 0 Å². The van der Waals surface area contributed by atoms with Crippen LogP contribution in [-0.2, 0) is 11.3 Å². The molecular formula is C16H16N4O2. The van der Waals surface area contributed by atoms with Gasteiger partial charge in [-0.3, -0.25) is 4.68 Å². The number of likely N-dealkylation sites (tertiary alicyclic amines) is 1. The van der Waals surface area contributed by atoms with Crippen molar-refractivity contribution in [3.05, 3.63) is 59.4 Å². The third-order valence-electron chi connectivity index (χ3n) is 3.83. The van der Waals surface area contributed by atoms with Crippen molar-refractivity contribution in [2.24, 2.45) is 0 Å². The van der Waals surface area contributed by atoms with E-state index in [0.29, 0.717) is 18.8 Å². The second-order valence-corrected chi connectivity index (χ2v) is 5.27. The molecule has 1 amide bonds. The van der Waals surface area contributed by atoms with E-state index in [2.05, 4.69) is 0 Å². The molecule has 0 spiro atoms. The average Bonchev–Trinajstić information content (AvgIpc) is 2.86. The van der Waals surface area contributed by atoms with Crippen molar-refractivity contribution < 1.29 is 9.53 Å². The Balaban J connectivity index is 1.51. The lowest BCUT2D eigenvalue weighted by Gasteiger charge is -2.38. The first-order valence-corrected chi connectivity index (χ1v) is 7.01. The predicted molar refractivity (Wildman–Crippen MR) is 80.2 cm³/mol. The average molecular weight is 296 g/mol. The maximum Gasteiger partial charge on any atom is 0.410 e. The van der Waals surface area contributed by atoms with Crippen molar-refractivity contribution in [2.45, 2.75) is 12.5 Å². The van der Waals surface area contributed by atoms with Crippen LogP contribution >= 0.6 is 0 Å². The molecule has 2 N–H and O–H groups in total. The van der Waals surface area contributed by atoms with Crippen LogP contribution in [0.4, 0.5) is 4.79 Å². The summed E-state index contributed by atoms with van der Waals surface area (Å²) in [5.41, 5.74) is 2.24. The molecule has 2 heterocycles. The Bertz CT molecular complexity index is 711. The zero-order chi connectivity index (χ0) is 15.5. The van der Waals surface area contributed by atoms with E-state index in [-0.39, 0.29) is 18.6 Å². The van der Waals surface area contributed by atoms with E-state index in [1.807, 2.05) is 42.5 Å². The van der Waals surface area contributed by atoms with E-state index in [0.717, 1.165) is 11.3 Å². The minimum atomic E-state index is -0.323. The lowest BCUT2D eigenvalue weighted by molar-refractivity contribution is 0.0654. The summed E-state index contributed by atoms with van der Waals surface area (Å²) in [6, 6.07) is 15.1. The molecule has 1 aromatic carbocycles. The fourth-order valence-corrected chi connectivity index (χ4v) is 2.51. The zero-order valence-electron chi connectivity index (χ0n) is 12.0. The molecule has 0 atom stereocenters. The van der Waals surface area contributed by atoms with Crippen LogP contribution in [0, 0.1) is 11.3 Å². The van der Waals surface area contributed by atoms with E-state index >= 15 is 0 Å². The molecular weight excluding hydrogens is 280 g/mol. The van der Waals surface area contributed by atoms with Crippen molar-refractivity contribution in [1.29, 1.82) is 5.26 Å². The van der Waals surface area contributed by atoms with Gasteiger partial charge in [-0.05, 0) is 17.7 Å². The molecule has 1 aliphatic rings. The van der Waals surface area contributed by atoms with E-state index in [4.69, 9.17) is 15.8 Å². The van der Waals surface area contributed by atoms with Crippen molar-refractivity contribution in [1.82, 2.24) is 9.58 Å². The Morgan fingerprint density at radius 1 is 1.27 bits per heavy atom. The quantitative estimate of drug-likeness (QED) is 0.875. The van der Waals surface area contributed by atoms with Gasteiger partial charge in [0.25, 0.3) is 0 Å². The van der Waals surface area contributed by atoms with Crippen molar-refractivity contribution in [3.8, 4) is 6.07 Å². The van der Waals surface area contributed by atoms with Gasteiger partial charge in [0.1, 0.15) is 18.4 Å². The highest BCUT2D eigenvalue weighted by atomic mass is 16.6. The third-order valence-corrected chi connectivity index (χ3v) is 3.83. The van der Waals surface area contributed by atoms with Crippen LogP contribution in [0.15, 0.2) is 42.5 Å². The van der Waals surface area contributed by atoms with Gasteiger partial charge in [0.2, 0.25) is 0 Å². The molecule has 0 unspecified atom stereocenters. The molecule has 1 saturated heterocycles. The second-order valence-electron chi connectivity index (χ2n) is 5.27. The number of carbonyl (C=O) groups excluding carboxylic acids is 1. The third kappa shape index (κ3) is 2.61. The monoisotopic (exact) mass is 296 g/mol. The molecule has 3 rings (SSSR count). The molecule has 0 aliphatic carbocycles. The molecule has 6 heteroatoms. The number of carbonyl (C=O) groups is 1. The van der Waals surface area contributed by atoms with Crippen LogP contribution in [0.1, 0.15) is 22.9 Å². The molecule has 0 saturated carbocycles. The van der Waals surface area contributed by atoms with Gasteiger partial charge in [-0.1, -0.05) is 30.3 Å². The number of nitrogens with zero attached hydrogens (tertiary/aromatic N) is 3. The summed E-state index contributed by atoms with van der Waals surface area (Å²) in [6.07, 6.45) is -0.323. The standard InChI is InChI=1S/C16H16N4O2/c17-8-14-6-7-15(20(14)18)13-9-19(10-13)16(21)22-11-12-4-2-1-3-5-12/h1-7,13H,9-11,18H2. The Morgan fingerprint density at radius 2 is 2.00 bits per heavy atom. The fraction of sp³-hybridized carbons (Fsp3) is 0.250. The van der Waals surface area contributed by atoms with E-state index in [1.165, 1.54) is 4.68 Å². The van der Waals surface area contributed by atoms with Crippen molar-refractivity contribution in [2.75, 3.05) is 18.9 Å². The molecule has 6 nitrogen and oxygen atoms in total. The van der Waals surface area contributed by atoms with Gasteiger partial charge in [-0.15, -0.1) is 0 Å². The van der Waals surface area contributed by atoms with E-state index in [1.54, 1.807) is 11.0 Å². The van der Waals surface area contributed by atoms with Gasteiger partial charge < -0.3 is 15.5 Å². The largest absolute Gasteiger partial charge is 0.445 e. The molecule has 2 aromatic rings. The fourth-order valence-electron chi connectivity index (χ4n) is 2.51. The van der Waals surface area contributed by atoms with Gasteiger partial charge >= 0.3 is 6.09 Å². The Morgan fingerprint density at radius 3 is 2.64 bits per heavy atom. The first-order chi connectivity index (χ1) is 10.7. The topological polar surface area (TPSA) is 84.3 Å². The number of nitrogens with two attached hydrogens (primary N) is 1. The Hall–Kier alpha value is -2.94. The SMILES string of the molecule is N#Cc1ccc(C2CN(C(=O)OCc3ccccc3)C2)n1N. The van der Waals surface area contributed by atoms with Gasteiger partial charge in [0.05, 0.1) is 0 Å². The van der Waals surface area contributed by atoms with Crippen LogP contribution in [0.3, 0.4) is 0 Å². The van der Waals surface area contributed by atoms with Crippen LogP contribution in [0.2, 0.25) is 0 Å². The molecule has 112 valence electrons. The molecule has 1 fully saturated rings. The number of nitriles is 1. The summed E-state index contributed by atoms with van der Waals surface area (Å²) in [5, 5.41) is 8.89. The number of hydrogen-bond donors (Lipinski definition) is 1. The molecule has 22 heavy (non-hydrogen) atoms. The number of ether oxygens (including phenoxy) is 1. The summed E-state index contributed by atoms with van der Waals surface area (Å²) in [5.74, 6) is 5.99. The minimum absolute atomic E-state index is 0.149. The maximum atomic E-state index is 11.9. The lowest BCUT2D eigenvalue weighted by Crippen LogP contribution is -2.49. The lowest BCUT2D eigenvalue weighted by atomic mass is 9.97. The summed E-state index contributed by atoms with van der Waals surface area (Å²) in [6.45, 7) is 1.38. The van der Waals surface area contributed by atoms with Crippen molar-refractivity contribution in [3.63, 3.8) is 0 Å². The number of rotatable bonds is 3. The summed E-state index contributed by atoms with van der Waals surface area (Å²) in [7, 11) is 0. The Labute approximate surface area is 128 Å². The normalized spacial score (nSPS) is 14.2. The first-order valence-electron chi connectivity index (χ1n) is 7.01. The van der Waals surface area contributed by atoms with Crippen LogP contribution < -0.4 is 5.84 Å². The molecule has 1 aliphatic heterocycles. The number of nitrogen functional groups attached to an aromatic ring is 1. The van der Waals surface area contributed by atoms with Crippen LogP contribution in [-0.4, -0.2) is 28.8 Å². The summed E-state index contributed by atoms with van der Waals surface area (Å²) in [4.78, 5) is 13.6. The van der Waals surface area contributed by atoms with Gasteiger partial charge in [-0.25, -0.2) is 4.79 Å². The number of aromatic nitrogens is 1. The van der Waals surface area contributed by atoms with Gasteiger partial charge in [0.15, 0.2) is 0 Å². The predicted octanol–water partition coefficient (Wildman–Crippen LogP) is 1.81. The van der Waals surface area contributed by atoms with Gasteiger partial charge in [-0.2, -0.15) is 5.26 Å². The number of benzene rings is 1. The smallest absolute Gasteiger partial charge is 0.410 e. The molecule has 0 bridgehead atoms. The summed E-state index contributed by atoms with van der Waals surface area (Å²) < 4.78 is 6.66. The van der Waals surface area contributed by atoms with Crippen molar-refractivity contribution >= 4 is 6.09 Å². The maximum absolute atomic E-state index is 11.9. The molecule has 1 aromatic heterocycles. The van der Waals surface area contributed by atoms with Crippen LogP contribution in [0.5, 0.6) is 0 Å². The highest BCUT2D eigenvalue weighted by Crippen LogP contribution is 2.28. The Kier molecular flexibility index (Phi) is 3.71. The number of hydrogen-bond acceptors (Lipinski definition) is 4. The number of amides is 1. The zero-order valence-corrected chi connectivity index (χ0v) is 12.0. The minimum Gasteiger partial charge on any atom is -0.445 e. The van der Waals surface area contributed by atoms with E-state index < -0.39 is 0 Å². The second kappa shape index (κ2) is 5.82.